The molecule has 3 aromatic carbocycles. The fraction of sp³-hybridized carbons (Fsp3) is 0.160. The van der Waals surface area contributed by atoms with Crippen LogP contribution in [0, 0.1) is 13.8 Å². The van der Waals surface area contributed by atoms with Crippen LogP contribution >= 0.6 is 0 Å². The summed E-state index contributed by atoms with van der Waals surface area (Å²) in [4.78, 5) is 0. The Labute approximate surface area is 165 Å². The van der Waals surface area contributed by atoms with E-state index in [1.54, 1.807) is 0 Å². The minimum Gasteiger partial charge on any atom is -0.489 e. The van der Waals surface area contributed by atoms with Gasteiger partial charge in [0.2, 0.25) is 0 Å². The van der Waals surface area contributed by atoms with Gasteiger partial charge in [0.1, 0.15) is 30.1 Å². The number of benzene rings is 3. The van der Waals surface area contributed by atoms with E-state index in [1.165, 1.54) is 0 Å². The summed E-state index contributed by atoms with van der Waals surface area (Å²) < 4.78 is 18.1. The SMILES string of the molecule is Cc1cc2cc(OCc3ccccc3)cc(OCc3ccccc3)c2[14c](C)[o+]1. The van der Waals surface area contributed by atoms with Gasteiger partial charge in [-0.05, 0) is 17.2 Å². The van der Waals surface area contributed by atoms with Crippen molar-refractivity contribution in [3.05, 3.63) is 102 Å². The standard InChI is InChI=1S/C25H23O3/c1-18-13-22-14-23(26-16-20-9-5-3-6-10-20)15-24(25(22)19(2)28-18)27-17-21-11-7-4-8-12-21/h3-15H,16-17H2,1-2H3/q+1/i19+2. The molecule has 140 valence electrons. The molecule has 0 fully saturated rings. The van der Waals surface area contributed by atoms with Crippen LogP contribution in [0.5, 0.6) is 11.5 Å². The Hall–Kier alpha value is -3.33. The van der Waals surface area contributed by atoms with E-state index in [4.69, 9.17) is 13.9 Å². The molecule has 0 aliphatic heterocycles. The average Bonchev–Trinajstić information content (AvgIpc) is 2.71. The summed E-state index contributed by atoms with van der Waals surface area (Å²) in [6, 6.07) is 26.3. The molecule has 4 rings (SSSR count). The maximum Gasteiger partial charge on any atom is 0.337 e. The van der Waals surface area contributed by atoms with Crippen LogP contribution in [0.4, 0.5) is 0 Å². The minimum absolute atomic E-state index is 0.491. The minimum atomic E-state index is 0.491. The molecule has 0 aliphatic rings. The summed E-state index contributed by atoms with van der Waals surface area (Å²) in [5, 5.41) is 2.03. The van der Waals surface area contributed by atoms with Crippen LogP contribution in [0.2, 0.25) is 0 Å². The summed E-state index contributed by atoms with van der Waals surface area (Å²) in [7, 11) is 0. The Kier molecular flexibility index (Phi) is 5.24. The Balaban J connectivity index is 1.66. The molecule has 0 bridgehead atoms. The number of aryl methyl sites for hydroxylation is 2. The van der Waals surface area contributed by atoms with Crippen molar-refractivity contribution in [1.82, 2.24) is 0 Å². The molecule has 3 nitrogen and oxygen atoms in total. The average molecular weight is 373 g/mol. The lowest BCUT2D eigenvalue weighted by Gasteiger charge is -2.12. The van der Waals surface area contributed by atoms with E-state index in [2.05, 4.69) is 24.3 Å². The molecule has 0 radical (unpaired) electrons. The van der Waals surface area contributed by atoms with Gasteiger partial charge < -0.3 is 9.47 Å². The number of hydrogen-bond acceptors (Lipinski definition) is 2. The van der Waals surface area contributed by atoms with Crippen molar-refractivity contribution in [2.24, 2.45) is 0 Å². The third kappa shape index (κ3) is 4.15. The molecule has 0 aliphatic carbocycles. The van der Waals surface area contributed by atoms with Gasteiger partial charge in [0.15, 0.2) is 0 Å². The van der Waals surface area contributed by atoms with Crippen molar-refractivity contribution in [3.63, 3.8) is 0 Å². The van der Waals surface area contributed by atoms with Crippen molar-refractivity contribution in [1.29, 1.82) is 0 Å². The van der Waals surface area contributed by atoms with E-state index in [9.17, 15) is 0 Å². The number of rotatable bonds is 6. The van der Waals surface area contributed by atoms with Gasteiger partial charge in [-0.1, -0.05) is 60.7 Å². The summed E-state index contributed by atoms with van der Waals surface area (Å²) in [6.45, 7) is 4.93. The lowest BCUT2D eigenvalue weighted by atomic mass is 10.2. The van der Waals surface area contributed by atoms with Gasteiger partial charge in [0, 0.05) is 17.5 Å². The largest absolute Gasteiger partial charge is 0.489 e. The number of hydrogen-bond donors (Lipinski definition) is 0. The quantitative estimate of drug-likeness (QED) is 0.362. The Morgan fingerprint density at radius 3 is 2.04 bits per heavy atom. The van der Waals surface area contributed by atoms with E-state index in [0.29, 0.717) is 13.2 Å². The molecule has 4 aromatic rings. The van der Waals surface area contributed by atoms with Crippen molar-refractivity contribution in [2.45, 2.75) is 27.1 Å². The number of ether oxygens (including phenoxy) is 2. The zero-order valence-corrected chi connectivity index (χ0v) is 16.1. The summed E-state index contributed by atoms with van der Waals surface area (Å²) >= 11 is 0. The molecule has 1 aromatic heterocycles. The van der Waals surface area contributed by atoms with Gasteiger partial charge in [-0.25, -0.2) is 4.42 Å². The first kappa shape index (κ1) is 18.1. The first-order chi connectivity index (χ1) is 13.7. The fourth-order valence-corrected chi connectivity index (χ4v) is 3.32. The molecule has 0 saturated carbocycles. The topological polar surface area (TPSA) is 29.8 Å². The molecule has 0 amide bonds. The third-order valence-electron chi connectivity index (χ3n) is 4.62. The van der Waals surface area contributed by atoms with Crippen molar-refractivity contribution in [2.75, 3.05) is 0 Å². The van der Waals surface area contributed by atoms with Crippen molar-refractivity contribution in [3.8, 4) is 11.5 Å². The van der Waals surface area contributed by atoms with E-state index in [0.717, 1.165) is 44.9 Å². The van der Waals surface area contributed by atoms with Crippen LogP contribution in [0.25, 0.3) is 10.8 Å². The second-order valence-corrected chi connectivity index (χ2v) is 6.85. The van der Waals surface area contributed by atoms with Gasteiger partial charge >= 0.3 is 11.5 Å². The monoisotopic (exact) mass is 373 g/mol. The molecular weight excluding hydrogens is 350 g/mol. The molecule has 0 saturated heterocycles. The molecule has 0 N–H and O–H groups in total. The molecular formula is C25H23O3+. The smallest absolute Gasteiger partial charge is 0.337 e. The lowest BCUT2D eigenvalue weighted by Crippen LogP contribution is -1.99. The molecule has 28 heavy (non-hydrogen) atoms. The Bertz CT molecular complexity index is 1070. The molecule has 0 spiro atoms. The van der Waals surface area contributed by atoms with Gasteiger partial charge in [-0.3, -0.25) is 0 Å². The van der Waals surface area contributed by atoms with Crippen LogP contribution in [-0.4, -0.2) is 0 Å². The van der Waals surface area contributed by atoms with Gasteiger partial charge in [0.05, 0.1) is 13.8 Å². The third-order valence-corrected chi connectivity index (χ3v) is 4.62. The second-order valence-electron chi connectivity index (χ2n) is 6.85. The van der Waals surface area contributed by atoms with Crippen LogP contribution < -0.4 is 9.47 Å². The zero-order chi connectivity index (χ0) is 19.3. The van der Waals surface area contributed by atoms with Gasteiger partial charge in [0.25, 0.3) is 0 Å². The summed E-state index contributed by atoms with van der Waals surface area (Å²) in [5.41, 5.74) is 2.25. The Morgan fingerprint density at radius 1 is 0.786 bits per heavy atom. The highest BCUT2D eigenvalue weighted by molar-refractivity contribution is 5.91. The molecule has 0 unspecified atom stereocenters. The van der Waals surface area contributed by atoms with Crippen LogP contribution in [0.1, 0.15) is 22.6 Å². The van der Waals surface area contributed by atoms with Crippen LogP contribution in [0.15, 0.2) is 83.3 Å². The predicted molar refractivity (Wildman–Crippen MR) is 112 cm³/mol. The first-order valence-electron chi connectivity index (χ1n) is 9.40. The van der Waals surface area contributed by atoms with Crippen molar-refractivity contribution >= 4 is 10.8 Å². The summed E-state index contributed by atoms with van der Waals surface area (Å²) in [5.74, 6) is 3.25. The zero-order valence-electron chi connectivity index (χ0n) is 16.1. The van der Waals surface area contributed by atoms with E-state index in [-0.39, 0.29) is 0 Å². The Morgan fingerprint density at radius 2 is 1.39 bits per heavy atom. The highest BCUT2D eigenvalue weighted by Crippen LogP contribution is 2.35. The number of fused-ring (bicyclic) bond motifs is 1. The molecule has 3 heteroatoms. The van der Waals surface area contributed by atoms with Gasteiger partial charge in [-0.2, -0.15) is 0 Å². The fourth-order valence-electron chi connectivity index (χ4n) is 3.32. The predicted octanol–water partition coefficient (Wildman–Crippen LogP) is 6.49. The van der Waals surface area contributed by atoms with E-state index in [1.807, 2.05) is 68.4 Å². The highest BCUT2D eigenvalue weighted by atomic mass is 16.5. The highest BCUT2D eigenvalue weighted by Gasteiger charge is 2.18. The lowest BCUT2D eigenvalue weighted by molar-refractivity contribution is 0.292. The summed E-state index contributed by atoms with van der Waals surface area (Å²) in [6.07, 6.45) is 0. The van der Waals surface area contributed by atoms with E-state index >= 15 is 0 Å². The maximum absolute atomic E-state index is 6.18. The second kappa shape index (κ2) is 8.13. The maximum atomic E-state index is 6.18. The van der Waals surface area contributed by atoms with Crippen LogP contribution in [0.3, 0.4) is 0 Å². The van der Waals surface area contributed by atoms with E-state index < -0.39 is 0 Å². The van der Waals surface area contributed by atoms with Gasteiger partial charge in [-0.15, -0.1) is 0 Å². The van der Waals surface area contributed by atoms with Crippen LogP contribution in [-0.2, 0) is 13.2 Å². The normalized spacial score (nSPS) is 10.8. The first-order valence-corrected chi connectivity index (χ1v) is 9.40. The molecule has 1 heterocycles. The van der Waals surface area contributed by atoms with Crippen molar-refractivity contribution < 1.29 is 13.9 Å². The molecule has 0 atom stereocenters.